The zero-order chi connectivity index (χ0) is 60.7. The van der Waals surface area contributed by atoms with Gasteiger partial charge in [0.25, 0.3) is 0 Å². The molecule has 0 amide bonds. The lowest BCUT2D eigenvalue weighted by Gasteiger charge is -2.51. The van der Waals surface area contributed by atoms with E-state index in [2.05, 4.69) is 13.8 Å². The Hall–Kier alpha value is -2.31. The maximum Gasteiger partial charge on any atom is 0.309 e. The van der Waals surface area contributed by atoms with Gasteiger partial charge in [0.2, 0.25) is 0 Å². The molecule has 0 saturated carbocycles. The first kappa shape index (κ1) is 69.8. The molecule has 6 aliphatic heterocycles. The van der Waals surface area contributed by atoms with Crippen LogP contribution in [0.2, 0.25) is 0 Å². The Labute approximate surface area is 489 Å². The van der Waals surface area contributed by atoms with Crippen molar-refractivity contribution in [2.75, 3.05) is 0 Å². The maximum absolute atomic E-state index is 14.2. The fourth-order valence-corrected chi connectivity index (χ4v) is 11.6. The van der Waals surface area contributed by atoms with Gasteiger partial charge in [-0.1, -0.05) is 111 Å². The molecule has 6 rings (SSSR count). The van der Waals surface area contributed by atoms with Gasteiger partial charge in [0, 0.05) is 12.8 Å². The summed E-state index contributed by atoms with van der Waals surface area (Å²) >= 11 is 0. The highest BCUT2D eigenvalue weighted by Gasteiger charge is 2.58. The fraction of sp³-hybridized carbons (Fsp3) is 0.949. The van der Waals surface area contributed by atoms with Gasteiger partial charge in [-0.3, -0.25) is 14.4 Å². The molecule has 0 spiro atoms. The van der Waals surface area contributed by atoms with E-state index in [1.807, 2.05) is 0 Å². The van der Waals surface area contributed by atoms with Crippen LogP contribution in [0.15, 0.2) is 0 Å². The third-order valence-corrected chi connectivity index (χ3v) is 17.2. The second-order valence-corrected chi connectivity index (χ2v) is 23.9. The molecule has 0 unspecified atom stereocenters. The summed E-state index contributed by atoms with van der Waals surface area (Å²) < 4.78 is 82.1. The van der Waals surface area contributed by atoms with Crippen LogP contribution in [-0.4, -0.2) is 218 Å². The molecule has 24 heteroatoms. The Bertz CT molecular complexity index is 1920. The van der Waals surface area contributed by atoms with E-state index in [0.29, 0.717) is 32.1 Å². The highest BCUT2D eigenvalue weighted by Crippen LogP contribution is 2.39. The van der Waals surface area contributed by atoms with Crippen LogP contribution in [0.25, 0.3) is 0 Å². The van der Waals surface area contributed by atoms with Crippen molar-refractivity contribution < 1.29 is 117 Å². The van der Waals surface area contributed by atoms with Crippen LogP contribution >= 0.6 is 0 Å². The van der Waals surface area contributed by atoms with Crippen molar-refractivity contribution in [2.45, 2.75) is 350 Å². The molecule has 0 aromatic heterocycles. The fourth-order valence-electron chi connectivity index (χ4n) is 11.6. The number of unbranched alkanes of at least 4 members (excludes halogenated alkanes) is 6. The minimum absolute atomic E-state index is 0.0260. The SMILES string of the molecule is CCCCCCCC(=O)O[C@H]1[C@H](O[C@@H]2[C@H]3OC(=O)CCCCCCCCC[C@H](CCCCC)O[C@@H]4O[C@H](C)[C@H](O)[C@H](O)[C@H]4O[C@H](O[C@H]2C)[C@@H]3O)O[C@@H](C)[C@H](O[C@@H]2O[C@@H](C)[C@H](OC(=O)[C@@H](C)CC)[C@@H](O)[C@H]2O)[C@H]1O[C@H]1O[C@@H](C)[C@H](O)[C@@H](O)[C@H]1O. The molecule has 6 fully saturated rings. The van der Waals surface area contributed by atoms with Crippen molar-refractivity contribution in [3.63, 3.8) is 0 Å². The molecule has 8 N–H and O–H groups in total. The molecule has 6 saturated heterocycles. The van der Waals surface area contributed by atoms with E-state index in [0.717, 1.165) is 83.5 Å². The largest absolute Gasteiger partial charge is 0.457 e. The van der Waals surface area contributed by atoms with E-state index in [4.69, 9.17) is 61.6 Å². The van der Waals surface area contributed by atoms with Crippen LogP contribution < -0.4 is 0 Å². The third-order valence-electron chi connectivity index (χ3n) is 17.2. The van der Waals surface area contributed by atoms with E-state index in [-0.39, 0.29) is 18.9 Å². The van der Waals surface area contributed by atoms with Crippen LogP contribution in [0.3, 0.4) is 0 Å². The first-order chi connectivity index (χ1) is 39.6. The van der Waals surface area contributed by atoms with Crippen LogP contribution in [0.5, 0.6) is 0 Å². The van der Waals surface area contributed by atoms with Crippen molar-refractivity contribution in [2.24, 2.45) is 5.92 Å². The molecule has 0 aliphatic carbocycles. The van der Waals surface area contributed by atoms with Gasteiger partial charge >= 0.3 is 17.9 Å². The van der Waals surface area contributed by atoms with Gasteiger partial charge in [-0.15, -0.1) is 0 Å². The number of aliphatic hydroxyl groups is 8. The van der Waals surface area contributed by atoms with Gasteiger partial charge in [-0.25, -0.2) is 0 Å². The molecule has 27 atom stereocenters. The molecule has 2 bridgehead atoms. The molecule has 0 aromatic rings. The van der Waals surface area contributed by atoms with E-state index < -0.39 is 177 Å². The quantitative estimate of drug-likeness (QED) is 0.0489. The lowest BCUT2D eigenvalue weighted by molar-refractivity contribution is -0.399. The molecule has 482 valence electrons. The van der Waals surface area contributed by atoms with Crippen LogP contribution in [0, 0.1) is 5.92 Å². The van der Waals surface area contributed by atoms with Gasteiger partial charge in [0.05, 0.1) is 42.5 Å². The van der Waals surface area contributed by atoms with Gasteiger partial charge in [-0.2, -0.15) is 0 Å². The van der Waals surface area contributed by atoms with Crippen LogP contribution in [0.4, 0.5) is 0 Å². The summed E-state index contributed by atoms with van der Waals surface area (Å²) in [4.78, 5) is 41.0. The molecule has 6 heterocycles. The first-order valence-electron chi connectivity index (χ1n) is 31.2. The number of hydrogen-bond acceptors (Lipinski definition) is 24. The second-order valence-electron chi connectivity index (χ2n) is 23.9. The molecule has 83 heavy (non-hydrogen) atoms. The smallest absolute Gasteiger partial charge is 0.309 e. The number of carbonyl (C=O) groups excluding carboxylic acids is 3. The maximum atomic E-state index is 14.2. The van der Waals surface area contributed by atoms with Crippen molar-refractivity contribution >= 4 is 17.9 Å². The number of carbonyl (C=O) groups is 3. The van der Waals surface area contributed by atoms with Gasteiger partial charge in [0.15, 0.2) is 49.8 Å². The Morgan fingerprint density at radius 1 is 0.482 bits per heavy atom. The zero-order valence-electron chi connectivity index (χ0n) is 50.3. The van der Waals surface area contributed by atoms with E-state index in [1.165, 1.54) is 20.8 Å². The van der Waals surface area contributed by atoms with E-state index in [1.54, 1.807) is 27.7 Å². The monoisotopic (exact) mass is 1190 g/mol. The average molecular weight is 1200 g/mol. The van der Waals surface area contributed by atoms with Gasteiger partial charge in [-0.05, 0) is 66.7 Å². The number of hydrogen-bond donors (Lipinski definition) is 8. The average Bonchev–Trinajstić information content (AvgIpc) is 3.52. The minimum atomic E-state index is -1.90. The van der Waals surface area contributed by atoms with Crippen LogP contribution in [-0.2, 0) is 76.0 Å². The predicted octanol–water partition coefficient (Wildman–Crippen LogP) is 3.77. The minimum Gasteiger partial charge on any atom is -0.457 e. The predicted molar refractivity (Wildman–Crippen MR) is 292 cm³/mol. The number of aliphatic hydroxyl groups excluding tert-OH is 8. The normalized spacial score (nSPS) is 43.1. The summed E-state index contributed by atoms with van der Waals surface area (Å²) in [6.07, 6.45) is -23.8. The summed E-state index contributed by atoms with van der Waals surface area (Å²) in [5.74, 6) is -2.58. The summed E-state index contributed by atoms with van der Waals surface area (Å²) in [5.41, 5.74) is 0. The molecule has 0 radical (unpaired) electrons. The molecule has 24 nitrogen and oxygen atoms in total. The van der Waals surface area contributed by atoms with Crippen LogP contribution in [0.1, 0.15) is 191 Å². The second kappa shape index (κ2) is 33.9. The summed E-state index contributed by atoms with van der Waals surface area (Å²) in [7, 11) is 0. The van der Waals surface area contributed by atoms with E-state index in [9.17, 15) is 55.2 Å². The topological polar surface area (TPSA) is 333 Å². The number of esters is 3. The highest BCUT2D eigenvalue weighted by molar-refractivity contribution is 5.72. The Morgan fingerprint density at radius 2 is 1.02 bits per heavy atom. The number of fused-ring (bicyclic) bond motifs is 3. The lowest BCUT2D eigenvalue weighted by Crippen LogP contribution is -2.68. The van der Waals surface area contributed by atoms with Crippen molar-refractivity contribution in [1.82, 2.24) is 0 Å². The first-order valence-corrected chi connectivity index (χ1v) is 31.2. The van der Waals surface area contributed by atoms with Crippen molar-refractivity contribution in [3.8, 4) is 0 Å². The Morgan fingerprint density at radius 3 is 1.71 bits per heavy atom. The lowest BCUT2D eigenvalue weighted by atomic mass is 9.95. The molecule has 6 aliphatic rings. The summed E-state index contributed by atoms with van der Waals surface area (Å²) in [6.45, 7) is 15.3. The molecule has 0 aromatic carbocycles. The summed E-state index contributed by atoms with van der Waals surface area (Å²) in [6, 6.07) is 0. The Kier molecular flexibility index (Phi) is 28.5. The standard InChI is InChI=1S/C59H102O24/c1-10-13-15-19-24-29-38(61)78-53-52(83-55-44(67)41(64)39(62)31(5)71-55)49(80-56-45(68)43(66)47(33(7)73-56)79-54(70)30(4)12-3)35(9)75-59(53)81-48-34(8)74-57-46(69)50(48)77-37(60)28-25-21-18-16-17-20-23-27-36(26-22-14-11-2)76-58-51(82-57)42(65)40(63)32(6)72-58/h30-36,39-53,55-59,62-69H,10-29H2,1-9H3/t30-,31-,32+,33-,34-,35-,36-,39-,40-,41+,42-,43-,44+,45+,46+,47-,48-,49-,50-,51+,52+,53+,55+,56-,57-,58-,59-/m0/s1. The van der Waals surface area contributed by atoms with Crippen molar-refractivity contribution in [3.05, 3.63) is 0 Å². The van der Waals surface area contributed by atoms with Gasteiger partial charge in [0.1, 0.15) is 73.2 Å². The third kappa shape index (κ3) is 18.9. The Balaban J connectivity index is 1.37. The number of rotatable bonds is 20. The molecular weight excluding hydrogens is 1090 g/mol. The summed E-state index contributed by atoms with van der Waals surface area (Å²) in [5, 5.41) is 91.5. The van der Waals surface area contributed by atoms with Crippen molar-refractivity contribution in [1.29, 1.82) is 0 Å². The van der Waals surface area contributed by atoms with Gasteiger partial charge < -0.3 is 102 Å². The zero-order valence-corrected chi connectivity index (χ0v) is 50.3. The number of ether oxygens (including phenoxy) is 13. The highest BCUT2D eigenvalue weighted by atomic mass is 16.8. The van der Waals surface area contributed by atoms with E-state index >= 15 is 0 Å². The molecular formula is C59H102O24.